The molecule has 0 bridgehead atoms. The van der Waals surface area contributed by atoms with Crippen molar-refractivity contribution in [3.63, 3.8) is 0 Å². The van der Waals surface area contributed by atoms with E-state index in [9.17, 15) is 4.79 Å². The van der Waals surface area contributed by atoms with Gasteiger partial charge in [0.1, 0.15) is 0 Å². The molecular weight excluding hydrogens is 306 g/mol. The molecule has 3 rings (SSSR count). The number of benzene rings is 1. The molecule has 1 aliphatic carbocycles. The van der Waals surface area contributed by atoms with Gasteiger partial charge in [-0.3, -0.25) is 0 Å². The van der Waals surface area contributed by atoms with Crippen LogP contribution in [0.1, 0.15) is 24.8 Å². The smallest absolute Gasteiger partial charge is 0.407 e. The van der Waals surface area contributed by atoms with Crippen LogP contribution >= 0.6 is 15.9 Å². The SMILES string of the molecule is O=C(O)N1CC2(CCC(=Cc3ccc(Br)cc3)C2)C1. The lowest BCUT2D eigenvalue weighted by Gasteiger charge is -2.46. The maximum Gasteiger partial charge on any atom is 0.407 e. The Labute approximate surface area is 121 Å². The Balaban J connectivity index is 1.66. The molecule has 1 aliphatic heterocycles. The first-order valence-electron chi connectivity index (χ1n) is 6.49. The van der Waals surface area contributed by atoms with Gasteiger partial charge in [-0.15, -0.1) is 0 Å². The summed E-state index contributed by atoms with van der Waals surface area (Å²) in [5, 5.41) is 8.91. The number of nitrogens with zero attached hydrogens (tertiary/aromatic N) is 1. The van der Waals surface area contributed by atoms with E-state index in [1.165, 1.54) is 16.0 Å². The largest absolute Gasteiger partial charge is 0.465 e. The minimum absolute atomic E-state index is 0.236. The van der Waals surface area contributed by atoms with Crippen molar-refractivity contribution < 1.29 is 9.90 Å². The lowest BCUT2D eigenvalue weighted by atomic mass is 9.78. The van der Waals surface area contributed by atoms with Crippen molar-refractivity contribution in [2.75, 3.05) is 13.1 Å². The molecule has 1 spiro atoms. The van der Waals surface area contributed by atoms with Crippen LogP contribution in [-0.4, -0.2) is 29.2 Å². The maximum atomic E-state index is 10.8. The first-order chi connectivity index (χ1) is 9.06. The predicted octanol–water partition coefficient (Wildman–Crippen LogP) is 4.00. The Hall–Kier alpha value is -1.29. The average Bonchev–Trinajstić information content (AvgIpc) is 2.74. The molecule has 19 heavy (non-hydrogen) atoms. The summed E-state index contributed by atoms with van der Waals surface area (Å²) >= 11 is 3.43. The van der Waals surface area contributed by atoms with Crippen molar-refractivity contribution in [3.05, 3.63) is 39.9 Å². The topological polar surface area (TPSA) is 40.5 Å². The fourth-order valence-electron chi connectivity index (χ4n) is 3.17. The van der Waals surface area contributed by atoms with Gasteiger partial charge >= 0.3 is 6.09 Å². The van der Waals surface area contributed by atoms with Crippen molar-refractivity contribution in [2.24, 2.45) is 5.41 Å². The highest BCUT2D eigenvalue weighted by molar-refractivity contribution is 9.10. The number of likely N-dealkylation sites (tertiary alicyclic amines) is 1. The zero-order valence-corrected chi connectivity index (χ0v) is 12.2. The van der Waals surface area contributed by atoms with Gasteiger partial charge in [-0.25, -0.2) is 4.79 Å². The summed E-state index contributed by atoms with van der Waals surface area (Å²) in [6.45, 7) is 1.42. The number of rotatable bonds is 1. The Bertz CT molecular complexity index is 530. The van der Waals surface area contributed by atoms with Crippen LogP contribution in [-0.2, 0) is 0 Å². The van der Waals surface area contributed by atoms with Gasteiger partial charge in [0.15, 0.2) is 0 Å². The van der Waals surface area contributed by atoms with Crippen LogP contribution in [0, 0.1) is 5.41 Å². The minimum Gasteiger partial charge on any atom is -0.465 e. The third-order valence-electron chi connectivity index (χ3n) is 4.14. The van der Waals surface area contributed by atoms with Gasteiger partial charge in [-0.05, 0) is 37.0 Å². The molecule has 3 nitrogen and oxygen atoms in total. The van der Waals surface area contributed by atoms with Crippen LogP contribution in [0.3, 0.4) is 0 Å². The molecule has 0 radical (unpaired) electrons. The molecule has 1 N–H and O–H groups in total. The number of hydrogen-bond donors (Lipinski definition) is 1. The molecule has 1 saturated heterocycles. The van der Waals surface area contributed by atoms with E-state index in [4.69, 9.17) is 5.11 Å². The van der Waals surface area contributed by atoms with E-state index in [1.54, 1.807) is 0 Å². The second-order valence-corrected chi connectivity index (χ2v) is 6.59. The molecule has 2 aliphatic rings. The molecule has 0 unspecified atom stereocenters. The van der Waals surface area contributed by atoms with Crippen LogP contribution in [0.2, 0.25) is 0 Å². The van der Waals surface area contributed by atoms with E-state index >= 15 is 0 Å². The molecule has 2 fully saturated rings. The molecule has 0 atom stereocenters. The van der Waals surface area contributed by atoms with E-state index in [0.717, 1.165) is 23.7 Å². The monoisotopic (exact) mass is 321 g/mol. The summed E-state index contributed by atoms with van der Waals surface area (Å²) in [6.07, 6.45) is 4.75. The van der Waals surface area contributed by atoms with Crippen molar-refractivity contribution in [2.45, 2.75) is 19.3 Å². The van der Waals surface area contributed by atoms with Crippen LogP contribution in [0.25, 0.3) is 6.08 Å². The van der Waals surface area contributed by atoms with Crippen LogP contribution in [0.4, 0.5) is 4.79 Å². The first-order valence-corrected chi connectivity index (χ1v) is 7.29. The van der Waals surface area contributed by atoms with Gasteiger partial charge in [0, 0.05) is 23.0 Å². The number of hydrogen-bond acceptors (Lipinski definition) is 1. The normalized spacial score (nSPS) is 22.8. The molecule has 1 amide bonds. The Kier molecular flexibility index (Phi) is 3.13. The summed E-state index contributed by atoms with van der Waals surface area (Å²) in [7, 11) is 0. The quantitative estimate of drug-likeness (QED) is 0.849. The molecule has 1 aromatic carbocycles. The fourth-order valence-corrected chi connectivity index (χ4v) is 3.44. The van der Waals surface area contributed by atoms with E-state index in [1.807, 2.05) is 12.1 Å². The van der Waals surface area contributed by atoms with E-state index in [0.29, 0.717) is 13.1 Å². The van der Waals surface area contributed by atoms with Gasteiger partial charge in [0.2, 0.25) is 0 Å². The minimum atomic E-state index is -0.782. The maximum absolute atomic E-state index is 10.8. The van der Waals surface area contributed by atoms with Gasteiger partial charge in [-0.1, -0.05) is 39.7 Å². The highest BCUT2D eigenvalue weighted by atomic mass is 79.9. The fraction of sp³-hybridized carbons (Fsp3) is 0.400. The Morgan fingerprint density at radius 3 is 2.63 bits per heavy atom. The highest BCUT2D eigenvalue weighted by Gasteiger charge is 2.48. The second-order valence-electron chi connectivity index (χ2n) is 5.67. The van der Waals surface area contributed by atoms with Gasteiger partial charge < -0.3 is 10.0 Å². The summed E-state index contributed by atoms with van der Waals surface area (Å²) in [6, 6.07) is 8.30. The van der Waals surface area contributed by atoms with Gasteiger partial charge in [0.05, 0.1) is 0 Å². The van der Waals surface area contributed by atoms with Crippen molar-refractivity contribution in [3.8, 4) is 0 Å². The summed E-state index contributed by atoms with van der Waals surface area (Å²) in [5.74, 6) is 0. The molecule has 4 heteroatoms. The lowest BCUT2D eigenvalue weighted by molar-refractivity contribution is 0.0171. The molecule has 1 heterocycles. The standard InChI is InChI=1S/C15H16BrNO2/c16-13-3-1-11(2-4-13)7-12-5-6-15(8-12)9-17(10-15)14(18)19/h1-4,7H,5-6,8-10H2,(H,18,19). The summed E-state index contributed by atoms with van der Waals surface area (Å²) in [4.78, 5) is 12.3. The Morgan fingerprint density at radius 1 is 1.32 bits per heavy atom. The number of allylic oxidation sites excluding steroid dienone is 1. The molecular formula is C15H16BrNO2. The van der Waals surface area contributed by atoms with E-state index in [2.05, 4.69) is 34.1 Å². The Morgan fingerprint density at radius 2 is 2.00 bits per heavy atom. The third-order valence-corrected chi connectivity index (χ3v) is 4.67. The number of carbonyl (C=O) groups is 1. The number of carboxylic acid groups (broad SMARTS) is 1. The molecule has 0 aromatic heterocycles. The van der Waals surface area contributed by atoms with Crippen LogP contribution in [0.5, 0.6) is 0 Å². The highest BCUT2D eigenvalue weighted by Crippen LogP contribution is 2.48. The van der Waals surface area contributed by atoms with Crippen molar-refractivity contribution in [1.29, 1.82) is 0 Å². The zero-order valence-electron chi connectivity index (χ0n) is 10.6. The summed E-state index contributed by atoms with van der Waals surface area (Å²) < 4.78 is 1.09. The second kappa shape index (κ2) is 4.67. The van der Waals surface area contributed by atoms with Crippen molar-refractivity contribution in [1.82, 2.24) is 4.90 Å². The van der Waals surface area contributed by atoms with E-state index < -0.39 is 6.09 Å². The first kappa shape index (κ1) is 12.7. The third kappa shape index (κ3) is 2.54. The number of halogens is 1. The zero-order chi connectivity index (χ0) is 13.5. The van der Waals surface area contributed by atoms with Crippen molar-refractivity contribution >= 4 is 28.1 Å². The molecule has 1 aromatic rings. The molecule has 100 valence electrons. The average molecular weight is 322 g/mol. The van der Waals surface area contributed by atoms with Crippen LogP contribution in [0.15, 0.2) is 34.3 Å². The van der Waals surface area contributed by atoms with E-state index in [-0.39, 0.29) is 5.41 Å². The van der Waals surface area contributed by atoms with Crippen LogP contribution < -0.4 is 0 Å². The lowest BCUT2D eigenvalue weighted by Crippen LogP contribution is -2.56. The van der Waals surface area contributed by atoms with Gasteiger partial charge in [-0.2, -0.15) is 0 Å². The number of amides is 1. The summed E-state index contributed by atoms with van der Waals surface area (Å²) in [5.41, 5.74) is 2.91. The van der Waals surface area contributed by atoms with Gasteiger partial charge in [0.25, 0.3) is 0 Å². The molecule has 1 saturated carbocycles. The predicted molar refractivity (Wildman–Crippen MR) is 78.0 cm³/mol.